The fourth-order valence-electron chi connectivity index (χ4n) is 2.75. The van der Waals surface area contributed by atoms with Crippen molar-refractivity contribution in [1.29, 1.82) is 0 Å². The van der Waals surface area contributed by atoms with Gasteiger partial charge in [-0.2, -0.15) is 0 Å². The van der Waals surface area contributed by atoms with E-state index in [9.17, 15) is 24.5 Å². The zero-order chi connectivity index (χ0) is 24.1. The van der Waals surface area contributed by atoms with Crippen molar-refractivity contribution < 1.29 is 28.8 Å². The van der Waals surface area contributed by atoms with Crippen molar-refractivity contribution in [2.24, 2.45) is 5.73 Å². The van der Waals surface area contributed by atoms with Crippen LogP contribution in [-0.2, 0) is 9.53 Å². The highest BCUT2D eigenvalue weighted by Gasteiger charge is 2.29. The van der Waals surface area contributed by atoms with Crippen molar-refractivity contribution in [3.8, 4) is 5.75 Å². The van der Waals surface area contributed by atoms with E-state index in [1.807, 2.05) is 0 Å². The molecule has 11 nitrogen and oxygen atoms in total. The maximum atomic E-state index is 12.3. The van der Waals surface area contributed by atoms with Crippen LogP contribution in [0.3, 0.4) is 0 Å². The van der Waals surface area contributed by atoms with Crippen LogP contribution in [0.4, 0.5) is 10.5 Å². The van der Waals surface area contributed by atoms with Crippen molar-refractivity contribution in [1.82, 2.24) is 9.80 Å². The molecular formula is C20H25ClN4O7. The van der Waals surface area contributed by atoms with Gasteiger partial charge in [0.25, 0.3) is 5.69 Å². The Morgan fingerprint density at radius 1 is 1.28 bits per heavy atom. The first-order valence-corrected chi connectivity index (χ1v) is 10.1. The van der Waals surface area contributed by atoms with E-state index in [1.165, 1.54) is 11.0 Å². The van der Waals surface area contributed by atoms with Crippen molar-refractivity contribution in [2.75, 3.05) is 32.8 Å². The number of primary amides is 1. The summed E-state index contributed by atoms with van der Waals surface area (Å²) in [5.41, 5.74) is 3.96. The predicted molar refractivity (Wildman–Crippen MR) is 116 cm³/mol. The molecule has 0 unspecified atom stereocenters. The molecule has 1 fully saturated rings. The number of hydrogen-bond donors (Lipinski definition) is 1. The molecule has 174 valence electrons. The molecule has 1 aliphatic rings. The number of nitrogens with zero attached hydrogens (tertiary/aromatic N) is 3. The van der Waals surface area contributed by atoms with Crippen LogP contribution in [0.15, 0.2) is 24.3 Å². The lowest BCUT2D eigenvalue weighted by Gasteiger charge is -2.34. The van der Waals surface area contributed by atoms with E-state index >= 15 is 0 Å². The second-order valence-electron chi connectivity index (χ2n) is 7.95. The minimum atomic E-state index is -0.853. The molecule has 2 N–H and O–H groups in total. The Hall–Kier alpha value is -3.34. The molecule has 2 rings (SSSR count). The van der Waals surface area contributed by atoms with Gasteiger partial charge in [0, 0.05) is 31.3 Å². The van der Waals surface area contributed by atoms with E-state index in [1.54, 1.807) is 37.8 Å². The van der Waals surface area contributed by atoms with Crippen molar-refractivity contribution >= 4 is 35.2 Å². The maximum Gasteiger partial charge on any atom is 0.410 e. The molecule has 1 aliphatic heterocycles. The Labute approximate surface area is 189 Å². The van der Waals surface area contributed by atoms with Gasteiger partial charge in [-0.25, -0.2) is 4.79 Å². The zero-order valence-electron chi connectivity index (χ0n) is 18.0. The molecule has 0 bridgehead atoms. The van der Waals surface area contributed by atoms with Gasteiger partial charge in [0.05, 0.1) is 4.92 Å². The van der Waals surface area contributed by atoms with Gasteiger partial charge < -0.3 is 20.1 Å². The molecule has 1 aromatic rings. The SMILES string of the molecule is CC(C)(C)OC(=O)N1CCN(C/C=C/COc2cc(C(N)=O)cc([N+](=O)[O-])c2Cl)C(=O)C1. The molecule has 1 heterocycles. The average molecular weight is 469 g/mol. The Bertz CT molecular complexity index is 943. The smallest absolute Gasteiger partial charge is 0.410 e. The Kier molecular flexibility index (Phi) is 8.03. The second kappa shape index (κ2) is 10.3. The Balaban J connectivity index is 1.89. The van der Waals surface area contributed by atoms with Gasteiger partial charge >= 0.3 is 6.09 Å². The predicted octanol–water partition coefficient (Wildman–Crippen LogP) is 2.36. The molecule has 0 aliphatic carbocycles. The molecule has 0 spiro atoms. The number of nitro groups is 1. The third-order valence-electron chi connectivity index (χ3n) is 4.30. The number of rotatable bonds is 7. The first-order valence-electron chi connectivity index (χ1n) is 9.70. The number of benzene rings is 1. The van der Waals surface area contributed by atoms with Crippen molar-refractivity contribution in [3.63, 3.8) is 0 Å². The highest BCUT2D eigenvalue weighted by Crippen LogP contribution is 2.35. The fraction of sp³-hybridized carbons (Fsp3) is 0.450. The molecule has 0 atom stereocenters. The number of nitro benzene ring substituents is 1. The van der Waals surface area contributed by atoms with E-state index < -0.39 is 28.2 Å². The molecule has 32 heavy (non-hydrogen) atoms. The average Bonchev–Trinajstić information content (AvgIpc) is 2.68. The molecule has 1 saturated heterocycles. The number of piperazine rings is 1. The summed E-state index contributed by atoms with van der Waals surface area (Å²) in [6.45, 7) is 6.18. The summed E-state index contributed by atoms with van der Waals surface area (Å²) in [6, 6.07) is 2.21. The number of carbonyl (C=O) groups is 3. The molecular weight excluding hydrogens is 444 g/mol. The molecule has 0 saturated carbocycles. The fourth-order valence-corrected chi connectivity index (χ4v) is 2.99. The van der Waals surface area contributed by atoms with E-state index in [0.29, 0.717) is 19.6 Å². The molecule has 0 aromatic heterocycles. The maximum absolute atomic E-state index is 12.3. The number of halogens is 1. The Morgan fingerprint density at radius 3 is 2.53 bits per heavy atom. The second-order valence-corrected chi connectivity index (χ2v) is 8.33. The van der Waals surface area contributed by atoms with E-state index in [0.717, 1.165) is 6.07 Å². The molecule has 1 aromatic carbocycles. The van der Waals surface area contributed by atoms with E-state index in [4.69, 9.17) is 26.8 Å². The number of ether oxygens (including phenoxy) is 2. The summed E-state index contributed by atoms with van der Waals surface area (Å²) in [4.78, 5) is 49.0. The van der Waals surface area contributed by atoms with Crippen LogP contribution in [0.5, 0.6) is 5.75 Å². The van der Waals surface area contributed by atoms with Crippen LogP contribution in [0.25, 0.3) is 0 Å². The molecule has 3 amide bonds. The van der Waals surface area contributed by atoms with E-state index in [-0.39, 0.29) is 35.4 Å². The van der Waals surface area contributed by atoms with Crippen LogP contribution in [0, 0.1) is 10.1 Å². The lowest BCUT2D eigenvalue weighted by Crippen LogP contribution is -2.53. The van der Waals surface area contributed by atoms with Gasteiger partial charge in [-0.15, -0.1) is 0 Å². The number of amides is 3. The zero-order valence-corrected chi connectivity index (χ0v) is 18.8. The monoisotopic (exact) mass is 468 g/mol. The first kappa shape index (κ1) is 24.9. The lowest BCUT2D eigenvalue weighted by atomic mass is 10.2. The Morgan fingerprint density at radius 2 is 1.97 bits per heavy atom. The third-order valence-corrected chi connectivity index (χ3v) is 4.68. The number of hydrogen-bond acceptors (Lipinski definition) is 7. The topological polar surface area (TPSA) is 145 Å². The summed E-state index contributed by atoms with van der Waals surface area (Å²) < 4.78 is 10.7. The summed E-state index contributed by atoms with van der Waals surface area (Å²) in [5.74, 6) is -1.13. The van der Waals surface area contributed by atoms with Crippen molar-refractivity contribution in [3.05, 3.63) is 45.0 Å². The van der Waals surface area contributed by atoms with Gasteiger partial charge in [-0.3, -0.25) is 24.6 Å². The highest BCUT2D eigenvalue weighted by atomic mass is 35.5. The van der Waals surface area contributed by atoms with Crippen molar-refractivity contribution in [2.45, 2.75) is 26.4 Å². The van der Waals surface area contributed by atoms with Crippen LogP contribution in [-0.4, -0.2) is 71.0 Å². The minimum Gasteiger partial charge on any atom is -0.488 e. The summed E-state index contributed by atoms with van der Waals surface area (Å²) in [7, 11) is 0. The number of nitrogens with two attached hydrogens (primary N) is 1. The first-order chi connectivity index (χ1) is 14.9. The van der Waals surface area contributed by atoms with Gasteiger partial charge in [0.1, 0.15) is 24.5 Å². The summed E-state index contributed by atoms with van der Waals surface area (Å²) in [6.07, 6.45) is 2.76. The van der Waals surface area contributed by atoms with Crippen LogP contribution in [0.1, 0.15) is 31.1 Å². The summed E-state index contributed by atoms with van der Waals surface area (Å²) in [5, 5.41) is 10.8. The third kappa shape index (κ3) is 6.84. The van der Waals surface area contributed by atoms with Crippen LogP contribution < -0.4 is 10.5 Å². The standard InChI is InChI=1S/C20H25ClN4O7/c1-20(2,3)32-19(28)24-8-7-23(16(26)12-24)6-4-5-9-31-15-11-13(18(22)27)10-14(17(15)21)25(29)30/h4-5,10-11H,6-9,12H2,1-3H3,(H2,22,27)/b5-4+. The normalized spacial score (nSPS) is 14.6. The largest absolute Gasteiger partial charge is 0.488 e. The molecule has 12 heteroatoms. The van der Waals surface area contributed by atoms with Crippen LogP contribution >= 0.6 is 11.6 Å². The van der Waals surface area contributed by atoms with E-state index in [2.05, 4.69) is 0 Å². The minimum absolute atomic E-state index is 0.00878. The quantitative estimate of drug-likeness (QED) is 0.367. The van der Waals surface area contributed by atoms with Gasteiger partial charge in [-0.05, 0) is 32.9 Å². The number of carbonyl (C=O) groups excluding carboxylic acids is 3. The molecule has 0 radical (unpaired) electrons. The van der Waals surface area contributed by atoms with Gasteiger partial charge in [0.2, 0.25) is 11.8 Å². The van der Waals surface area contributed by atoms with Gasteiger partial charge in [-0.1, -0.05) is 17.7 Å². The van der Waals surface area contributed by atoms with Gasteiger partial charge in [0.15, 0.2) is 5.02 Å². The lowest BCUT2D eigenvalue weighted by molar-refractivity contribution is -0.384. The van der Waals surface area contributed by atoms with Crippen LogP contribution in [0.2, 0.25) is 5.02 Å². The highest BCUT2D eigenvalue weighted by molar-refractivity contribution is 6.34. The summed E-state index contributed by atoms with van der Waals surface area (Å²) >= 11 is 5.98.